The van der Waals surface area contributed by atoms with Crippen LogP contribution in [0.15, 0.2) is 82.4 Å². The molecule has 0 amide bonds. The molecule has 28 heavy (non-hydrogen) atoms. The summed E-state index contributed by atoms with van der Waals surface area (Å²) in [4.78, 5) is 0. The summed E-state index contributed by atoms with van der Waals surface area (Å²) in [5.41, 5.74) is 1.47. The molecule has 0 unspecified atom stereocenters. The van der Waals surface area contributed by atoms with Gasteiger partial charge >= 0.3 is 0 Å². The van der Waals surface area contributed by atoms with E-state index in [9.17, 15) is 16.8 Å². The summed E-state index contributed by atoms with van der Waals surface area (Å²) in [6.45, 7) is -0.207. The lowest BCUT2D eigenvalue weighted by Gasteiger charge is -2.18. The fourth-order valence-electron chi connectivity index (χ4n) is 2.81. The Kier molecular flexibility index (Phi) is 6.66. The lowest BCUT2D eigenvalue weighted by Crippen LogP contribution is -2.33. The number of aryl methyl sites for hydroxylation is 1. The number of nitrogens with one attached hydrogen (secondary N) is 1. The first-order valence-corrected chi connectivity index (χ1v) is 12.8. The minimum absolute atomic E-state index is 0.0996. The Morgan fingerprint density at radius 3 is 2.07 bits per heavy atom. The van der Waals surface area contributed by atoms with Crippen LogP contribution in [-0.2, 0) is 26.3 Å². The first kappa shape index (κ1) is 20.7. The Bertz CT molecular complexity index is 1080. The molecule has 8 heteroatoms. The number of thiophene rings is 1. The number of sulfonamides is 1. The fourth-order valence-corrected chi connectivity index (χ4v) is 6.85. The van der Waals surface area contributed by atoms with Crippen LogP contribution in [0, 0.1) is 0 Å². The molecule has 5 nitrogen and oxygen atoms in total. The van der Waals surface area contributed by atoms with Gasteiger partial charge in [0.2, 0.25) is 10.0 Å². The van der Waals surface area contributed by atoms with Gasteiger partial charge in [-0.2, -0.15) is 0 Å². The van der Waals surface area contributed by atoms with Gasteiger partial charge in [0.1, 0.15) is 9.46 Å². The molecule has 3 aromatic rings. The van der Waals surface area contributed by atoms with Crippen LogP contribution in [0.5, 0.6) is 0 Å². The molecule has 0 saturated carbocycles. The van der Waals surface area contributed by atoms with Gasteiger partial charge in [-0.05, 0) is 29.0 Å². The largest absolute Gasteiger partial charge is 0.222 e. The summed E-state index contributed by atoms with van der Waals surface area (Å²) >= 11 is 1.13. The average Bonchev–Trinajstić information content (AvgIpc) is 3.24. The Morgan fingerprint density at radius 2 is 1.46 bits per heavy atom. The minimum Gasteiger partial charge on any atom is -0.222 e. The monoisotopic (exact) mass is 435 g/mol. The van der Waals surface area contributed by atoms with E-state index in [0.717, 1.165) is 16.9 Å². The van der Waals surface area contributed by atoms with Crippen molar-refractivity contribution in [1.29, 1.82) is 0 Å². The molecule has 0 radical (unpaired) electrons. The molecule has 0 spiro atoms. The van der Waals surface area contributed by atoms with Crippen molar-refractivity contribution in [1.82, 2.24) is 4.72 Å². The molecular weight excluding hydrogens is 414 g/mol. The van der Waals surface area contributed by atoms with Crippen LogP contribution in [-0.4, -0.2) is 29.1 Å². The predicted molar refractivity (Wildman–Crippen MR) is 113 cm³/mol. The van der Waals surface area contributed by atoms with E-state index in [1.165, 1.54) is 0 Å². The Balaban J connectivity index is 1.77. The molecule has 0 aliphatic carbocycles. The Hall–Kier alpha value is -2.00. The number of rotatable bonds is 9. The third kappa shape index (κ3) is 5.29. The zero-order valence-corrected chi connectivity index (χ0v) is 17.5. The topological polar surface area (TPSA) is 80.3 Å². The van der Waals surface area contributed by atoms with E-state index in [2.05, 4.69) is 4.72 Å². The first-order chi connectivity index (χ1) is 13.4. The van der Waals surface area contributed by atoms with Crippen molar-refractivity contribution in [2.75, 3.05) is 12.3 Å². The summed E-state index contributed by atoms with van der Waals surface area (Å²) in [7, 11) is -7.33. The second kappa shape index (κ2) is 9.00. The average molecular weight is 436 g/mol. The maximum atomic E-state index is 13.1. The molecule has 0 aliphatic heterocycles. The van der Waals surface area contributed by atoms with Gasteiger partial charge in [0, 0.05) is 6.54 Å². The van der Waals surface area contributed by atoms with Gasteiger partial charge in [-0.25, -0.2) is 21.6 Å². The van der Waals surface area contributed by atoms with E-state index >= 15 is 0 Å². The van der Waals surface area contributed by atoms with Crippen LogP contribution in [0.1, 0.15) is 16.4 Å². The van der Waals surface area contributed by atoms with Crippen molar-refractivity contribution in [3.63, 3.8) is 0 Å². The fraction of sp³-hybridized carbons (Fsp3) is 0.200. The highest BCUT2D eigenvalue weighted by atomic mass is 32.2. The molecule has 1 atom stereocenters. The van der Waals surface area contributed by atoms with Crippen molar-refractivity contribution in [2.24, 2.45) is 0 Å². The second-order valence-corrected chi connectivity index (χ2v) is 11.5. The zero-order chi connectivity index (χ0) is 20.0. The zero-order valence-electron chi connectivity index (χ0n) is 15.1. The van der Waals surface area contributed by atoms with E-state index < -0.39 is 25.1 Å². The van der Waals surface area contributed by atoms with Crippen molar-refractivity contribution in [3.05, 3.63) is 89.3 Å². The summed E-state index contributed by atoms with van der Waals surface area (Å²) < 4.78 is 53.8. The van der Waals surface area contributed by atoms with Gasteiger partial charge in [0.05, 0.1) is 5.75 Å². The van der Waals surface area contributed by atoms with Crippen LogP contribution in [0.25, 0.3) is 0 Å². The summed E-state index contributed by atoms with van der Waals surface area (Å²) in [5.74, 6) is -0.0996. The van der Waals surface area contributed by atoms with Crippen LogP contribution >= 0.6 is 11.3 Å². The van der Waals surface area contributed by atoms with Gasteiger partial charge in [-0.1, -0.05) is 66.7 Å². The maximum absolute atomic E-state index is 13.1. The first-order valence-electron chi connectivity index (χ1n) is 8.72. The quantitative estimate of drug-likeness (QED) is 0.558. The minimum atomic E-state index is -3.71. The number of hydrogen-bond donors (Lipinski definition) is 1. The van der Waals surface area contributed by atoms with E-state index in [1.54, 1.807) is 47.8 Å². The highest BCUT2D eigenvalue weighted by Gasteiger charge is 2.31. The second-order valence-electron chi connectivity index (χ2n) is 6.28. The lowest BCUT2D eigenvalue weighted by molar-refractivity contribution is 0.569. The Labute approximate surface area is 170 Å². The molecule has 0 saturated heterocycles. The molecule has 3 rings (SSSR count). The number of sulfone groups is 1. The third-order valence-electron chi connectivity index (χ3n) is 4.31. The highest BCUT2D eigenvalue weighted by Crippen LogP contribution is 2.31. The van der Waals surface area contributed by atoms with Gasteiger partial charge in [0.25, 0.3) is 0 Å². The Morgan fingerprint density at radius 1 is 0.821 bits per heavy atom. The van der Waals surface area contributed by atoms with E-state index in [-0.39, 0.29) is 16.5 Å². The smallest absolute Gasteiger partial charge is 0.211 e. The van der Waals surface area contributed by atoms with Crippen molar-refractivity contribution in [3.8, 4) is 0 Å². The van der Waals surface area contributed by atoms with Crippen LogP contribution in [0.4, 0.5) is 0 Å². The van der Waals surface area contributed by atoms with Crippen molar-refractivity contribution < 1.29 is 16.8 Å². The predicted octanol–water partition coefficient (Wildman–Crippen LogP) is 3.43. The van der Waals surface area contributed by atoms with Crippen molar-refractivity contribution in [2.45, 2.75) is 15.9 Å². The van der Waals surface area contributed by atoms with Crippen LogP contribution in [0.2, 0.25) is 0 Å². The molecule has 148 valence electrons. The molecule has 1 aromatic heterocycles. The maximum Gasteiger partial charge on any atom is 0.211 e. The van der Waals surface area contributed by atoms with Crippen molar-refractivity contribution >= 4 is 31.2 Å². The molecular formula is C20H21NO4S3. The molecule has 0 aliphatic rings. The molecule has 1 heterocycles. The standard InChI is InChI=1S/C20H21NO4S3/c22-27(23,15-13-17-8-3-1-4-9-17)21-16-19(18-10-5-2-6-11-18)28(24,25)20-12-7-14-26-20/h1-12,14,19,21H,13,15-16H2/t19-/m0/s1. The van der Waals surface area contributed by atoms with Gasteiger partial charge in [-0.15, -0.1) is 11.3 Å². The molecule has 0 fully saturated rings. The van der Waals surface area contributed by atoms with Crippen LogP contribution in [0.3, 0.4) is 0 Å². The summed E-state index contributed by atoms with van der Waals surface area (Å²) in [6, 6.07) is 21.2. The number of hydrogen-bond acceptors (Lipinski definition) is 5. The highest BCUT2D eigenvalue weighted by molar-refractivity contribution is 7.93. The third-order valence-corrected chi connectivity index (χ3v) is 9.19. The molecule has 2 aromatic carbocycles. The normalized spacial score (nSPS) is 13.3. The summed E-state index contributed by atoms with van der Waals surface area (Å²) in [6.07, 6.45) is 0.365. The van der Waals surface area contributed by atoms with Gasteiger partial charge in [-0.3, -0.25) is 0 Å². The SMILES string of the molecule is O=S(=O)(CCc1ccccc1)NC[C@@H](c1ccccc1)S(=O)(=O)c1cccs1. The summed E-state index contributed by atoms with van der Waals surface area (Å²) in [5, 5.41) is 0.706. The van der Waals surface area contributed by atoms with Gasteiger partial charge < -0.3 is 0 Å². The van der Waals surface area contributed by atoms with E-state index in [0.29, 0.717) is 12.0 Å². The van der Waals surface area contributed by atoms with Crippen LogP contribution < -0.4 is 4.72 Å². The molecule has 0 bridgehead atoms. The van der Waals surface area contributed by atoms with E-state index in [4.69, 9.17) is 0 Å². The van der Waals surface area contributed by atoms with E-state index in [1.807, 2.05) is 30.3 Å². The van der Waals surface area contributed by atoms with Gasteiger partial charge in [0.15, 0.2) is 9.84 Å². The number of benzene rings is 2. The lowest BCUT2D eigenvalue weighted by atomic mass is 10.1. The molecule has 1 N–H and O–H groups in total.